The number of ether oxygens (including phenoxy) is 3. The van der Waals surface area contributed by atoms with Crippen molar-refractivity contribution < 1.29 is 31.0 Å². The number of hydrogen-bond donors (Lipinski definition) is 0. The monoisotopic (exact) mass is 495 g/mol. The van der Waals surface area contributed by atoms with Gasteiger partial charge in [-0.2, -0.15) is 4.31 Å². The number of nitrogens with zero attached hydrogens (tertiary/aromatic N) is 1. The Balaban J connectivity index is 1.52. The predicted molar refractivity (Wildman–Crippen MR) is 124 cm³/mol. The Morgan fingerprint density at radius 2 is 1.64 bits per heavy atom. The summed E-state index contributed by atoms with van der Waals surface area (Å²) >= 11 is 0. The highest BCUT2D eigenvalue weighted by Crippen LogP contribution is 2.30. The van der Waals surface area contributed by atoms with Gasteiger partial charge in [0.2, 0.25) is 10.0 Å². The van der Waals surface area contributed by atoms with Gasteiger partial charge < -0.3 is 14.2 Å². The van der Waals surface area contributed by atoms with E-state index in [-0.39, 0.29) is 29.0 Å². The van der Waals surface area contributed by atoms with E-state index in [1.807, 2.05) is 6.92 Å². The van der Waals surface area contributed by atoms with Crippen LogP contribution in [0, 0.1) is 0 Å². The van der Waals surface area contributed by atoms with E-state index in [2.05, 4.69) is 0 Å². The summed E-state index contributed by atoms with van der Waals surface area (Å²) in [5, 5.41) is 0. The van der Waals surface area contributed by atoms with Gasteiger partial charge in [-0.15, -0.1) is 0 Å². The third kappa shape index (κ3) is 5.87. The highest BCUT2D eigenvalue weighted by Gasteiger charge is 2.40. The van der Waals surface area contributed by atoms with Gasteiger partial charge in [0, 0.05) is 19.2 Å². The van der Waals surface area contributed by atoms with Crippen molar-refractivity contribution in [2.75, 3.05) is 31.3 Å². The summed E-state index contributed by atoms with van der Waals surface area (Å²) in [4.78, 5) is 0.101. The van der Waals surface area contributed by atoms with Crippen LogP contribution in [0.15, 0.2) is 53.4 Å². The second-order valence-electron chi connectivity index (χ2n) is 8.24. The van der Waals surface area contributed by atoms with E-state index in [9.17, 15) is 16.8 Å². The molecule has 0 aliphatic carbocycles. The van der Waals surface area contributed by atoms with E-state index in [1.54, 1.807) is 36.4 Å². The van der Waals surface area contributed by atoms with E-state index in [0.29, 0.717) is 31.1 Å². The molecule has 4 rings (SSSR count). The van der Waals surface area contributed by atoms with Crippen LogP contribution in [-0.4, -0.2) is 64.6 Å². The van der Waals surface area contributed by atoms with Gasteiger partial charge in [-0.25, -0.2) is 16.8 Å². The van der Waals surface area contributed by atoms with Crippen LogP contribution in [0.25, 0.3) is 0 Å². The van der Waals surface area contributed by atoms with Crippen molar-refractivity contribution >= 4 is 19.9 Å². The molecule has 2 aromatic carbocycles. The molecule has 180 valence electrons. The summed E-state index contributed by atoms with van der Waals surface area (Å²) in [5.74, 6) is 1.69. The second kappa shape index (κ2) is 10.0. The molecule has 0 bridgehead atoms. The first-order chi connectivity index (χ1) is 15.8. The molecule has 0 unspecified atom stereocenters. The topological polar surface area (TPSA) is 99.2 Å². The van der Waals surface area contributed by atoms with E-state index in [1.165, 1.54) is 16.4 Å². The van der Waals surface area contributed by atoms with E-state index < -0.39 is 25.9 Å². The zero-order valence-corrected chi connectivity index (χ0v) is 20.2. The molecule has 2 heterocycles. The van der Waals surface area contributed by atoms with E-state index in [0.717, 1.165) is 18.6 Å². The molecule has 2 saturated heterocycles. The van der Waals surface area contributed by atoms with Crippen molar-refractivity contribution in [2.45, 2.75) is 43.2 Å². The fourth-order valence-corrected chi connectivity index (χ4v) is 7.67. The highest BCUT2D eigenvalue weighted by molar-refractivity contribution is 7.92. The molecule has 2 aliphatic heterocycles. The Hall–Kier alpha value is -2.14. The van der Waals surface area contributed by atoms with Crippen molar-refractivity contribution in [3.05, 3.63) is 48.5 Å². The van der Waals surface area contributed by atoms with E-state index in [4.69, 9.17) is 14.2 Å². The lowest BCUT2D eigenvalue weighted by Gasteiger charge is -2.29. The average molecular weight is 496 g/mol. The molecule has 2 atom stereocenters. The van der Waals surface area contributed by atoms with Crippen molar-refractivity contribution in [2.24, 2.45) is 0 Å². The van der Waals surface area contributed by atoms with Gasteiger partial charge in [0.05, 0.1) is 29.1 Å². The van der Waals surface area contributed by atoms with Crippen LogP contribution in [-0.2, 0) is 24.6 Å². The maximum absolute atomic E-state index is 13.5. The molecule has 2 fully saturated rings. The zero-order chi connectivity index (χ0) is 23.5. The minimum Gasteiger partial charge on any atom is -0.494 e. The highest BCUT2D eigenvalue weighted by atomic mass is 32.2. The van der Waals surface area contributed by atoms with Gasteiger partial charge in [0.25, 0.3) is 0 Å². The molecule has 33 heavy (non-hydrogen) atoms. The average Bonchev–Trinajstić information content (AvgIpc) is 3.43. The first kappa shape index (κ1) is 24.0. The van der Waals surface area contributed by atoms with Gasteiger partial charge in [-0.05, 0) is 74.7 Å². The van der Waals surface area contributed by atoms with Crippen LogP contribution in [0.4, 0.5) is 0 Å². The van der Waals surface area contributed by atoms with Gasteiger partial charge in [-0.3, -0.25) is 0 Å². The summed E-state index contributed by atoms with van der Waals surface area (Å²) in [7, 11) is -7.15. The van der Waals surface area contributed by atoms with Crippen LogP contribution >= 0.6 is 0 Å². The number of sulfonamides is 1. The number of hydrogen-bond acceptors (Lipinski definition) is 7. The lowest BCUT2D eigenvalue weighted by Crippen LogP contribution is -2.45. The standard InChI is InChI=1S/C23H29NO7S2/c1-2-29-19-5-7-20(8-6-19)31-21-9-11-23(12-10-21)33(27,28)24(16-22-4-3-14-30-22)18-13-15-32(25,26)17-18/h5-12,18,22H,2-4,13-17H2,1H3/t18-,22-/m1/s1. The molecule has 0 amide bonds. The molecular weight excluding hydrogens is 466 g/mol. The van der Waals surface area contributed by atoms with Crippen molar-refractivity contribution in [1.29, 1.82) is 0 Å². The minimum absolute atomic E-state index is 0.00404. The normalized spacial score (nSPS) is 22.5. The van der Waals surface area contributed by atoms with Gasteiger partial charge in [0.15, 0.2) is 9.84 Å². The Labute approximate surface area is 195 Å². The number of benzene rings is 2. The Morgan fingerprint density at radius 3 is 2.18 bits per heavy atom. The zero-order valence-electron chi connectivity index (χ0n) is 18.6. The maximum atomic E-state index is 13.5. The van der Waals surface area contributed by atoms with Gasteiger partial charge in [-0.1, -0.05) is 0 Å². The first-order valence-corrected chi connectivity index (χ1v) is 14.4. The van der Waals surface area contributed by atoms with Crippen LogP contribution in [0.3, 0.4) is 0 Å². The molecule has 0 radical (unpaired) electrons. The molecule has 0 aromatic heterocycles. The lowest BCUT2D eigenvalue weighted by molar-refractivity contribution is 0.0877. The SMILES string of the molecule is CCOc1ccc(Oc2ccc(S(=O)(=O)N(C[C@H]3CCCO3)[C@@H]3CCS(=O)(=O)C3)cc2)cc1. The van der Waals surface area contributed by atoms with E-state index >= 15 is 0 Å². The number of rotatable bonds is 9. The van der Waals surface area contributed by atoms with Crippen molar-refractivity contribution in [1.82, 2.24) is 4.31 Å². The minimum atomic E-state index is -3.91. The molecular formula is C23H29NO7S2. The van der Waals surface area contributed by atoms with Gasteiger partial charge in [0.1, 0.15) is 17.2 Å². The van der Waals surface area contributed by atoms with Crippen LogP contribution in [0.2, 0.25) is 0 Å². The molecule has 0 N–H and O–H groups in total. The molecule has 2 aromatic rings. The van der Waals surface area contributed by atoms with Crippen molar-refractivity contribution in [3.8, 4) is 17.2 Å². The quantitative estimate of drug-likeness (QED) is 0.527. The lowest BCUT2D eigenvalue weighted by atomic mass is 10.2. The summed E-state index contributed by atoms with van der Waals surface area (Å²) in [6, 6.07) is 12.8. The second-order valence-corrected chi connectivity index (χ2v) is 12.4. The van der Waals surface area contributed by atoms with Crippen LogP contribution in [0.5, 0.6) is 17.2 Å². The summed E-state index contributed by atoms with van der Waals surface area (Å²) in [6.45, 7) is 3.24. The molecule has 8 nitrogen and oxygen atoms in total. The molecule has 0 saturated carbocycles. The fraction of sp³-hybridized carbons (Fsp3) is 0.478. The Kier molecular flexibility index (Phi) is 7.28. The molecule has 10 heteroatoms. The summed E-state index contributed by atoms with van der Waals surface area (Å²) < 4.78 is 69.3. The molecule has 0 spiro atoms. The van der Waals surface area contributed by atoms with Gasteiger partial charge >= 0.3 is 0 Å². The first-order valence-electron chi connectivity index (χ1n) is 11.1. The Bertz CT molecular complexity index is 1140. The van der Waals surface area contributed by atoms with Crippen molar-refractivity contribution in [3.63, 3.8) is 0 Å². The van der Waals surface area contributed by atoms with Crippen LogP contribution in [0.1, 0.15) is 26.2 Å². The largest absolute Gasteiger partial charge is 0.494 e. The smallest absolute Gasteiger partial charge is 0.243 e. The fourth-order valence-electron chi connectivity index (χ4n) is 4.16. The van der Waals surface area contributed by atoms with Crippen LogP contribution < -0.4 is 9.47 Å². The molecule has 2 aliphatic rings. The third-order valence-electron chi connectivity index (χ3n) is 5.82. The summed E-state index contributed by atoms with van der Waals surface area (Å²) in [5.41, 5.74) is 0. The number of sulfone groups is 1. The predicted octanol–water partition coefficient (Wildman–Crippen LogP) is 3.23. The summed E-state index contributed by atoms with van der Waals surface area (Å²) in [6.07, 6.45) is 1.72. The Morgan fingerprint density at radius 1 is 1.00 bits per heavy atom. The third-order valence-corrected chi connectivity index (χ3v) is 9.51. The maximum Gasteiger partial charge on any atom is 0.243 e.